The van der Waals surface area contributed by atoms with E-state index in [4.69, 9.17) is 0 Å². The summed E-state index contributed by atoms with van der Waals surface area (Å²) in [4.78, 5) is 15.3. The Kier molecular flexibility index (Phi) is 4.88. The molecule has 0 saturated heterocycles. The maximum absolute atomic E-state index is 13.7. The predicted octanol–water partition coefficient (Wildman–Crippen LogP) is 2.88. The van der Waals surface area contributed by atoms with E-state index in [0.717, 1.165) is 6.07 Å². The molecular formula is C18H16F3N3O3. The number of halogens is 3. The van der Waals surface area contributed by atoms with Gasteiger partial charge in [0, 0.05) is 31.1 Å². The number of aliphatic hydroxyl groups is 1. The number of pyridine rings is 1. The van der Waals surface area contributed by atoms with Crippen molar-refractivity contribution in [2.24, 2.45) is 0 Å². The summed E-state index contributed by atoms with van der Waals surface area (Å²) in [5.41, 5.74) is 1.02. The average molecular weight is 379 g/mol. The lowest BCUT2D eigenvalue weighted by molar-refractivity contribution is -0.0998. The summed E-state index contributed by atoms with van der Waals surface area (Å²) in [5, 5.41) is 23.5. The van der Waals surface area contributed by atoms with Crippen LogP contribution in [-0.4, -0.2) is 43.0 Å². The predicted molar refractivity (Wildman–Crippen MR) is 90.3 cm³/mol. The van der Waals surface area contributed by atoms with Gasteiger partial charge in [0.15, 0.2) is 0 Å². The topological polar surface area (TPSA) is 88.2 Å². The fourth-order valence-electron chi connectivity index (χ4n) is 2.77. The summed E-state index contributed by atoms with van der Waals surface area (Å²) in [7, 11) is 0. The SMILES string of the molecule is CC(F)(F)C(O)Cn1nc(Cc2cnccc2C(=O)O)c2cc(F)ccc21. The number of nitrogens with zero attached hydrogens (tertiary/aromatic N) is 3. The average Bonchev–Trinajstić information content (AvgIpc) is 2.91. The molecule has 0 aliphatic rings. The minimum atomic E-state index is -3.34. The number of aromatic nitrogens is 3. The van der Waals surface area contributed by atoms with Crippen molar-refractivity contribution in [2.75, 3.05) is 0 Å². The van der Waals surface area contributed by atoms with Crippen LogP contribution < -0.4 is 0 Å². The van der Waals surface area contributed by atoms with E-state index in [2.05, 4.69) is 10.1 Å². The zero-order valence-electron chi connectivity index (χ0n) is 14.2. The molecule has 27 heavy (non-hydrogen) atoms. The molecule has 3 rings (SSSR count). The van der Waals surface area contributed by atoms with Crippen LogP contribution in [0.5, 0.6) is 0 Å². The maximum atomic E-state index is 13.7. The Hall–Kier alpha value is -2.94. The quantitative estimate of drug-likeness (QED) is 0.688. The molecule has 1 aromatic carbocycles. The zero-order valence-corrected chi connectivity index (χ0v) is 14.2. The van der Waals surface area contributed by atoms with Crippen LogP contribution in [0.3, 0.4) is 0 Å². The molecule has 2 heterocycles. The van der Waals surface area contributed by atoms with E-state index in [1.807, 2.05) is 0 Å². The lowest BCUT2D eigenvalue weighted by Gasteiger charge is -2.18. The first-order valence-corrected chi connectivity index (χ1v) is 8.04. The number of rotatable bonds is 6. The van der Waals surface area contributed by atoms with Gasteiger partial charge in [-0.05, 0) is 29.8 Å². The lowest BCUT2D eigenvalue weighted by atomic mass is 10.0. The second kappa shape index (κ2) is 6.99. The summed E-state index contributed by atoms with van der Waals surface area (Å²) in [6, 6.07) is 5.07. The number of benzene rings is 1. The maximum Gasteiger partial charge on any atom is 0.336 e. The monoisotopic (exact) mass is 379 g/mol. The molecule has 0 fully saturated rings. The number of hydrogen-bond donors (Lipinski definition) is 2. The highest BCUT2D eigenvalue weighted by molar-refractivity contribution is 5.89. The van der Waals surface area contributed by atoms with Crippen molar-refractivity contribution in [3.05, 3.63) is 59.3 Å². The fourth-order valence-corrected chi connectivity index (χ4v) is 2.77. The molecule has 9 heteroatoms. The van der Waals surface area contributed by atoms with Crippen LogP contribution in [0, 0.1) is 5.82 Å². The highest BCUT2D eigenvalue weighted by atomic mass is 19.3. The Labute approximate surface area is 151 Å². The van der Waals surface area contributed by atoms with Gasteiger partial charge >= 0.3 is 5.97 Å². The van der Waals surface area contributed by atoms with Crippen LogP contribution in [0.25, 0.3) is 10.9 Å². The summed E-state index contributed by atoms with van der Waals surface area (Å²) in [6.45, 7) is 0.100. The van der Waals surface area contributed by atoms with Crippen molar-refractivity contribution in [3.8, 4) is 0 Å². The third-order valence-corrected chi connectivity index (χ3v) is 4.21. The summed E-state index contributed by atoms with van der Waals surface area (Å²) in [6.07, 6.45) is 0.735. The van der Waals surface area contributed by atoms with E-state index in [1.165, 1.54) is 35.3 Å². The molecule has 0 amide bonds. The van der Waals surface area contributed by atoms with Gasteiger partial charge in [0.2, 0.25) is 0 Å². The molecule has 1 unspecified atom stereocenters. The number of carbonyl (C=O) groups is 1. The summed E-state index contributed by atoms with van der Waals surface area (Å²) in [5.74, 6) is -5.03. The smallest absolute Gasteiger partial charge is 0.336 e. The molecule has 0 bridgehead atoms. The molecule has 3 aromatic rings. The third-order valence-electron chi connectivity index (χ3n) is 4.21. The van der Waals surface area contributed by atoms with Gasteiger partial charge in [0.25, 0.3) is 5.92 Å². The van der Waals surface area contributed by atoms with Gasteiger partial charge in [0.1, 0.15) is 11.9 Å². The van der Waals surface area contributed by atoms with E-state index >= 15 is 0 Å². The van der Waals surface area contributed by atoms with Gasteiger partial charge in [-0.2, -0.15) is 5.10 Å². The Morgan fingerprint density at radius 2 is 2.07 bits per heavy atom. The third kappa shape index (κ3) is 3.92. The van der Waals surface area contributed by atoms with Crippen molar-refractivity contribution in [1.29, 1.82) is 0 Å². The molecule has 2 aromatic heterocycles. The van der Waals surface area contributed by atoms with E-state index in [1.54, 1.807) is 0 Å². The Bertz CT molecular complexity index is 998. The summed E-state index contributed by atoms with van der Waals surface area (Å²) < 4.78 is 41.6. The minimum Gasteiger partial charge on any atom is -0.478 e. The summed E-state index contributed by atoms with van der Waals surface area (Å²) >= 11 is 0. The second-order valence-corrected chi connectivity index (χ2v) is 6.28. The zero-order chi connectivity index (χ0) is 19.8. The van der Waals surface area contributed by atoms with Crippen LogP contribution in [0.15, 0.2) is 36.7 Å². The molecule has 0 spiro atoms. The minimum absolute atomic E-state index is 0.0149. The van der Waals surface area contributed by atoms with Gasteiger partial charge in [-0.25, -0.2) is 18.0 Å². The van der Waals surface area contributed by atoms with Gasteiger partial charge < -0.3 is 10.2 Å². The molecule has 0 radical (unpaired) electrons. The van der Waals surface area contributed by atoms with Crippen molar-refractivity contribution < 1.29 is 28.2 Å². The van der Waals surface area contributed by atoms with Gasteiger partial charge in [0.05, 0.1) is 23.3 Å². The van der Waals surface area contributed by atoms with E-state index in [9.17, 15) is 28.2 Å². The van der Waals surface area contributed by atoms with Crippen LogP contribution in [0.2, 0.25) is 0 Å². The number of carboxylic acid groups (broad SMARTS) is 1. The number of alkyl halides is 2. The van der Waals surface area contributed by atoms with E-state index < -0.39 is 30.4 Å². The standard InChI is InChI=1S/C18H16F3N3O3/c1-18(20,21)16(25)9-24-15-3-2-11(19)7-13(15)14(23-24)6-10-8-22-5-4-12(10)17(26)27/h2-5,7-8,16,25H,6,9H2,1H3,(H,26,27). The first-order chi connectivity index (χ1) is 12.7. The van der Waals surface area contributed by atoms with Crippen LogP contribution >= 0.6 is 0 Å². The van der Waals surface area contributed by atoms with Crippen LogP contribution in [0.1, 0.15) is 28.5 Å². The Morgan fingerprint density at radius 1 is 1.33 bits per heavy atom. The van der Waals surface area contributed by atoms with E-state index in [-0.39, 0.29) is 12.0 Å². The van der Waals surface area contributed by atoms with Crippen LogP contribution in [-0.2, 0) is 13.0 Å². The second-order valence-electron chi connectivity index (χ2n) is 6.28. The molecule has 142 valence electrons. The van der Waals surface area contributed by atoms with Crippen molar-refractivity contribution in [3.63, 3.8) is 0 Å². The highest BCUT2D eigenvalue weighted by Gasteiger charge is 2.33. The van der Waals surface area contributed by atoms with Gasteiger partial charge in [-0.15, -0.1) is 0 Å². The molecule has 6 nitrogen and oxygen atoms in total. The van der Waals surface area contributed by atoms with Crippen molar-refractivity contribution in [2.45, 2.75) is 31.9 Å². The molecular weight excluding hydrogens is 363 g/mol. The Balaban J connectivity index is 2.06. The van der Waals surface area contributed by atoms with Gasteiger partial charge in [-0.1, -0.05) is 0 Å². The number of aromatic carboxylic acids is 1. The largest absolute Gasteiger partial charge is 0.478 e. The molecule has 2 N–H and O–H groups in total. The lowest BCUT2D eigenvalue weighted by Crippen LogP contribution is -2.34. The Morgan fingerprint density at radius 3 is 2.74 bits per heavy atom. The number of aliphatic hydroxyl groups excluding tert-OH is 1. The van der Waals surface area contributed by atoms with Crippen molar-refractivity contribution >= 4 is 16.9 Å². The number of carboxylic acids is 1. The number of fused-ring (bicyclic) bond motifs is 1. The van der Waals surface area contributed by atoms with Crippen molar-refractivity contribution in [1.82, 2.24) is 14.8 Å². The normalized spacial score (nSPS) is 13.1. The highest BCUT2D eigenvalue weighted by Crippen LogP contribution is 2.26. The van der Waals surface area contributed by atoms with Crippen LogP contribution in [0.4, 0.5) is 13.2 Å². The first kappa shape index (κ1) is 18.8. The van der Waals surface area contributed by atoms with E-state index in [0.29, 0.717) is 29.1 Å². The molecule has 1 atom stereocenters. The molecule has 0 saturated carbocycles. The fraction of sp³-hybridized carbons (Fsp3) is 0.278. The number of hydrogen-bond acceptors (Lipinski definition) is 4. The first-order valence-electron chi connectivity index (χ1n) is 8.04. The molecule has 0 aliphatic heterocycles. The van der Waals surface area contributed by atoms with Gasteiger partial charge in [-0.3, -0.25) is 9.67 Å². The molecule has 0 aliphatic carbocycles.